The lowest BCUT2D eigenvalue weighted by Crippen LogP contribution is -2.14. The number of benzene rings is 2. The van der Waals surface area contributed by atoms with Gasteiger partial charge in [0.15, 0.2) is 0 Å². The van der Waals surface area contributed by atoms with E-state index in [-0.39, 0.29) is 5.91 Å². The standard InChI is InChI=1S/C22H21N5O2/c1-26(2)17-7-4-6-16(12-17)21(28)24-18-13-15(8-9-20(18)29-3)19-14-27-11-5-10-23-22(27)25-19/h4-14H,1-3H3,(H,24,28). The highest BCUT2D eigenvalue weighted by molar-refractivity contribution is 6.05. The summed E-state index contributed by atoms with van der Waals surface area (Å²) in [5.74, 6) is 0.984. The third-order valence-corrected chi connectivity index (χ3v) is 4.60. The molecule has 0 aliphatic carbocycles. The fraction of sp³-hybridized carbons (Fsp3) is 0.136. The number of rotatable bonds is 5. The van der Waals surface area contributed by atoms with Gasteiger partial charge in [-0.05, 0) is 42.5 Å². The summed E-state index contributed by atoms with van der Waals surface area (Å²) >= 11 is 0. The van der Waals surface area contributed by atoms with Crippen molar-refractivity contribution in [2.24, 2.45) is 0 Å². The fourth-order valence-corrected chi connectivity index (χ4v) is 3.05. The van der Waals surface area contributed by atoms with Gasteiger partial charge in [-0.25, -0.2) is 9.97 Å². The number of imidazole rings is 1. The Labute approximate surface area is 168 Å². The van der Waals surface area contributed by atoms with Crippen LogP contribution in [0.15, 0.2) is 67.1 Å². The number of methoxy groups -OCH3 is 1. The Balaban J connectivity index is 1.66. The van der Waals surface area contributed by atoms with Gasteiger partial charge in [0.05, 0.1) is 18.5 Å². The summed E-state index contributed by atoms with van der Waals surface area (Å²) in [5, 5.41) is 2.96. The van der Waals surface area contributed by atoms with Crippen LogP contribution in [0.1, 0.15) is 10.4 Å². The van der Waals surface area contributed by atoms with Crippen LogP contribution in [-0.4, -0.2) is 41.5 Å². The van der Waals surface area contributed by atoms with Crippen molar-refractivity contribution in [3.63, 3.8) is 0 Å². The zero-order chi connectivity index (χ0) is 20.4. The quantitative estimate of drug-likeness (QED) is 0.565. The van der Waals surface area contributed by atoms with Gasteiger partial charge in [0.1, 0.15) is 5.75 Å². The number of hydrogen-bond donors (Lipinski definition) is 1. The highest BCUT2D eigenvalue weighted by atomic mass is 16.5. The summed E-state index contributed by atoms with van der Waals surface area (Å²) in [6.07, 6.45) is 5.49. The number of fused-ring (bicyclic) bond motifs is 1. The van der Waals surface area contributed by atoms with Crippen LogP contribution in [0.5, 0.6) is 5.75 Å². The lowest BCUT2D eigenvalue weighted by atomic mass is 10.1. The average molecular weight is 387 g/mol. The van der Waals surface area contributed by atoms with Gasteiger partial charge < -0.3 is 15.0 Å². The second kappa shape index (κ2) is 7.63. The van der Waals surface area contributed by atoms with Crippen molar-refractivity contribution < 1.29 is 9.53 Å². The van der Waals surface area contributed by atoms with Gasteiger partial charge in [0.2, 0.25) is 5.78 Å². The summed E-state index contributed by atoms with van der Waals surface area (Å²) < 4.78 is 7.28. The van der Waals surface area contributed by atoms with Gasteiger partial charge >= 0.3 is 0 Å². The Morgan fingerprint density at radius 1 is 1.14 bits per heavy atom. The van der Waals surface area contributed by atoms with Crippen LogP contribution in [0, 0.1) is 0 Å². The normalized spacial score (nSPS) is 10.7. The minimum atomic E-state index is -0.208. The summed E-state index contributed by atoms with van der Waals surface area (Å²) in [5.41, 5.74) is 3.72. The third-order valence-electron chi connectivity index (χ3n) is 4.60. The molecule has 1 N–H and O–H groups in total. The van der Waals surface area contributed by atoms with E-state index in [4.69, 9.17) is 4.74 Å². The van der Waals surface area contributed by atoms with Crippen LogP contribution in [0.4, 0.5) is 11.4 Å². The predicted octanol–water partition coefficient (Wildman–Crippen LogP) is 3.72. The van der Waals surface area contributed by atoms with Crippen molar-refractivity contribution in [1.82, 2.24) is 14.4 Å². The summed E-state index contributed by atoms with van der Waals surface area (Å²) in [6, 6.07) is 14.9. The monoisotopic (exact) mass is 387 g/mol. The molecule has 0 fully saturated rings. The van der Waals surface area contributed by atoms with Crippen molar-refractivity contribution in [2.75, 3.05) is 31.4 Å². The number of nitrogens with one attached hydrogen (secondary N) is 1. The lowest BCUT2D eigenvalue weighted by Gasteiger charge is -2.14. The van der Waals surface area contributed by atoms with Gasteiger partial charge in [-0.2, -0.15) is 0 Å². The Kier molecular flexibility index (Phi) is 4.87. The first kappa shape index (κ1) is 18.5. The Hall–Kier alpha value is -3.87. The zero-order valence-corrected chi connectivity index (χ0v) is 16.5. The van der Waals surface area contributed by atoms with E-state index in [0.717, 1.165) is 16.9 Å². The van der Waals surface area contributed by atoms with Crippen LogP contribution >= 0.6 is 0 Å². The third kappa shape index (κ3) is 3.75. The molecule has 0 saturated carbocycles. The van der Waals surface area contributed by atoms with Crippen LogP contribution in [0.2, 0.25) is 0 Å². The van der Waals surface area contributed by atoms with Gasteiger partial charge in [-0.15, -0.1) is 0 Å². The van der Waals surface area contributed by atoms with E-state index in [9.17, 15) is 4.79 Å². The molecule has 0 bridgehead atoms. The van der Waals surface area contributed by atoms with Gasteiger partial charge in [-0.3, -0.25) is 9.20 Å². The number of carbonyl (C=O) groups excluding carboxylic acids is 1. The van der Waals surface area contributed by atoms with E-state index in [0.29, 0.717) is 22.8 Å². The number of ether oxygens (including phenoxy) is 1. The maximum Gasteiger partial charge on any atom is 0.255 e. The van der Waals surface area contributed by atoms with E-state index >= 15 is 0 Å². The highest BCUT2D eigenvalue weighted by Crippen LogP contribution is 2.31. The number of anilines is 2. The van der Waals surface area contributed by atoms with E-state index in [1.165, 1.54) is 0 Å². The van der Waals surface area contributed by atoms with Crippen LogP contribution < -0.4 is 15.0 Å². The smallest absolute Gasteiger partial charge is 0.255 e. The first-order valence-electron chi connectivity index (χ1n) is 9.12. The largest absolute Gasteiger partial charge is 0.495 e. The van der Waals surface area contributed by atoms with Crippen LogP contribution in [-0.2, 0) is 0 Å². The van der Waals surface area contributed by atoms with Crippen molar-refractivity contribution in [2.45, 2.75) is 0 Å². The SMILES string of the molecule is COc1ccc(-c2cn3cccnc3n2)cc1NC(=O)c1cccc(N(C)C)c1. The van der Waals surface area contributed by atoms with Crippen LogP contribution in [0.3, 0.4) is 0 Å². The topological polar surface area (TPSA) is 71.8 Å². The molecule has 2 heterocycles. The molecule has 0 radical (unpaired) electrons. The number of aromatic nitrogens is 3. The molecule has 7 nitrogen and oxygen atoms in total. The number of hydrogen-bond acceptors (Lipinski definition) is 5. The number of carbonyl (C=O) groups is 1. The second-order valence-corrected chi connectivity index (χ2v) is 6.77. The molecular weight excluding hydrogens is 366 g/mol. The first-order valence-corrected chi connectivity index (χ1v) is 9.12. The van der Waals surface area contributed by atoms with Crippen molar-refractivity contribution >= 4 is 23.1 Å². The molecular formula is C22H21N5O2. The minimum Gasteiger partial charge on any atom is -0.495 e. The molecule has 4 aromatic rings. The maximum atomic E-state index is 12.8. The fourth-order valence-electron chi connectivity index (χ4n) is 3.05. The maximum absolute atomic E-state index is 12.8. The summed E-state index contributed by atoms with van der Waals surface area (Å²) in [4.78, 5) is 23.6. The van der Waals surface area contributed by atoms with Crippen molar-refractivity contribution in [3.05, 3.63) is 72.7 Å². The molecule has 0 aliphatic heterocycles. The Morgan fingerprint density at radius 3 is 2.76 bits per heavy atom. The molecule has 1 amide bonds. The molecule has 0 unspecified atom stereocenters. The average Bonchev–Trinajstić information content (AvgIpc) is 3.18. The van der Waals surface area contributed by atoms with E-state index in [1.807, 2.05) is 78.3 Å². The van der Waals surface area contributed by atoms with Crippen LogP contribution in [0.25, 0.3) is 17.0 Å². The Morgan fingerprint density at radius 2 is 2.00 bits per heavy atom. The van der Waals surface area contributed by atoms with Gasteiger partial charge in [0, 0.05) is 49.5 Å². The van der Waals surface area contributed by atoms with E-state index in [2.05, 4.69) is 15.3 Å². The molecule has 0 atom stereocenters. The summed E-state index contributed by atoms with van der Waals surface area (Å²) in [7, 11) is 5.45. The minimum absolute atomic E-state index is 0.208. The molecule has 146 valence electrons. The van der Waals surface area contributed by atoms with E-state index < -0.39 is 0 Å². The van der Waals surface area contributed by atoms with E-state index in [1.54, 1.807) is 19.4 Å². The summed E-state index contributed by atoms with van der Waals surface area (Å²) in [6.45, 7) is 0. The highest BCUT2D eigenvalue weighted by Gasteiger charge is 2.13. The molecule has 2 aromatic heterocycles. The van der Waals surface area contributed by atoms with Gasteiger partial charge in [-0.1, -0.05) is 6.07 Å². The van der Waals surface area contributed by atoms with Crippen molar-refractivity contribution in [3.8, 4) is 17.0 Å². The molecule has 7 heteroatoms. The predicted molar refractivity (Wildman–Crippen MR) is 114 cm³/mol. The zero-order valence-electron chi connectivity index (χ0n) is 16.5. The second-order valence-electron chi connectivity index (χ2n) is 6.77. The molecule has 29 heavy (non-hydrogen) atoms. The molecule has 2 aromatic carbocycles. The molecule has 0 spiro atoms. The molecule has 0 aliphatic rings. The molecule has 0 saturated heterocycles. The van der Waals surface area contributed by atoms with Gasteiger partial charge in [0.25, 0.3) is 5.91 Å². The molecule has 4 rings (SSSR count). The number of amides is 1. The van der Waals surface area contributed by atoms with Crippen molar-refractivity contribution in [1.29, 1.82) is 0 Å². The Bertz CT molecular complexity index is 1150. The lowest BCUT2D eigenvalue weighted by molar-refractivity contribution is 0.102. The number of nitrogens with zero attached hydrogens (tertiary/aromatic N) is 4. The first-order chi connectivity index (χ1) is 14.0.